The molecule has 0 saturated carbocycles. The van der Waals surface area contributed by atoms with Crippen molar-refractivity contribution in [1.82, 2.24) is 9.97 Å². The molecule has 0 aliphatic rings. The van der Waals surface area contributed by atoms with E-state index in [9.17, 15) is 4.79 Å². The van der Waals surface area contributed by atoms with Crippen LogP contribution in [0.25, 0.3) is 0 Å². The normalized spacial score (nSPS) is 9.74. The van der Waals surface area contributed by atoms with E-state index in [1.165, 1.54) is 7.11 Å². The van der Waals surface area contributed by atoms with Crippen LogP contribution in [0.5, 0.6) is 0 Å². The highest BCUT2D eigenvalue weighted by Gasteiger charge is 2.01. The van der Waals surface area contributed by atoms with Crippen molar-refractivity contribution in [3.63, 3.8) is 0 Å². The minimum atomic E-state index is -0.538. The molecule has 6 heteroatoms. The highest BCUT2D eigenvalue weighted by molar-refractivity contribution is 5.83. The van der Waals surface area contributed by atoms with Crippen molar-refractivity contribution in [2.24, 2.45) is 0 Å². The van der Waals surface area contributed by atoms with Crippen LogP contribution in [0.3, 0.4) is 0 Å². The second-order valence-corrected chi connectivity index (χ2v) is 3.76. The van der Waals surface area contributed by atoms with Crippen molar-refractivity contribution in [3.05, 3.63) is 48.4 Å². The molecule has 0 spiro atoms. The molecule has 0 saturated heterocycles. The number of rotatable bonds is 4. The number of amides is 1. The maximum Gasteiger partial charge on any atom is 0.412 e. The maximum atomic E-state index is 11.0. The van der Waals surface area contributed by atoms with Crippen molar-refractivity contribution in [1.29, 1.82) is 0 Å². The Hall–Kier alpha value is -2.63. The Morgan fingerprint density at radius 2 is 2.21 bits per heavy atom. The van der Waals surface area contributed by atoms with Gasteiger partial charge in [-0.15, -0.1) is 0 Å². The van der Waals surface area contributed by atoms with Gasteiger partial charge in [-0.25, -0.2) is 9.78 Å². The fourth-order valence-electron chi connectivity index (χ4n) is 1.43. The van der Waals surface area contributed by atoms with Gasteiger partial charge in [0, 0.05) is 18.9 Å². The predicted molar refractivity (Wildman–Crippen MR) is 71.8 cm³/mol. The first-order chi connectivity index (χ1) is 9.28. The van der Waals surface area contributed by atoms with Crippen LogP contribution in [0, 0.1) is 0 Å². The largest absolute Gasteiger partial charge is 0.453 e. The van der Waals surface area contributed by atoms with Crippen LogP contribution in [0.15, 0.2) is 42.9 Å². The van der Waals surface area contributed by atoms with Gasteiger partial charge in [-0.2, -0.15) is 0 Å². The van der Waals surface area contributed by atoms with Crippen molar-refractivity contribution >= 4 is 17.6 Å². The molecule has 0 aliphatic heterocycles. The van der Waals surface area contributed by atoms with E-state index in [1.807, 2.05) is 18.2 Å². The third-order valence-electron chi connectivity index (χ3n) is 2.40. The SMILES string of the molecule is COC(=O)Nc1ccc(NCc2cccnc2)cn1. The lowest BCUT2D eigenvalue weighted by atomic mass is 10.3. The molecule has 2 aromatic heterocycles. The maximum absolute atomic E-state index is 11.0. The summed E-state index contributed by atoms with van der Waals surface area (Å²) in [6, 6.07) is 7.40. The standard InChI is InChI=1S/C13H14N4O2/c1-19-13(18)17-12-5-4-11(9-16-12)15-8-10-3-2-6-14-7-10/h2-7,9,15H,8H2,1H3,(H,16,17,18). The van der Waals surface area contributed by atoms with Crippen LogP contribution in [0.1, 0.15) is 5.56 Å². The van der Waals surface area contributed by atoms with E-state index in [0.29, 0.717) is 12.4 Å². The van der Waals surface area contributed by atoms with Gasteiger partial charge in [-0.3, -0.25) is 10.3 Å². The zero-order chi connectivity index (χ0) is 13.5. The molecule has 0 aliphatic carbocycles. The van der Waals surface area contributed by atoms with Gasteiger partial charge in [0.05, 0.1) is 19.0 Å². The summed E-state index contributed by atoms with van der Waals surface area (Å²) in [7, 11) is 1.30. The molecule has 0 unspecified atom stereocenters. The molecule has 0 bridgehead atoms. The molecular weight excluding hydrogens is 244 g/mol. The van der Waals surface area contributed by atoms with Crippen molar-refractivity contribution in [3.8, 4) is 0 Å². The summed E-state index contributed by atoms with van der Waals surface area (Å²) in [5.74, 6) is 0.443. The minimum Gasteiger partial charge on any atom is -0.453 e. The van der Waals surface area contributed by atoms with Crippen LogP contribution < -0.4 is 10.6 Å². The molecule has 2 aromatic rings. The topological polar surface area (TPSA) is 76.1 Å². The van der Waals surface area contributed by atoms with Gasteiger partial charge in [0.25, 0.3) is 0 Å². The van der Waals surface area contributed by atoms with Crippen LogP contribution in [-0.2, 0) is 11.3 Å². The third kappa shape index (κ3) is 3.95. The average molecular weight is 258 g/mol. The number of nitrogens with zero attached hydrogens (tertiary/aromatic N) is 2. The summed E-state index contributed by atoms with van der Waals surface area (Å²) in [6.07, 6.45) is 4.64. The van der Waals surface area contributed by atoms with Crippen molar-refractivity contribution in [2.75, 3.05) is 17.7 Å². The summed E-state index contributed by atoms with van der Waals surface area (Å²) in [5, 5.41) is 5.69. The smallest absolute Gasteiger partial charge is 0.412 e. The first-order valence-corrected chi connectivity index (χ1v) is 5.72. The van der Waals surface area contributed by atoms with E-state index >= 15 is 0 Å². The Labute approximate surface area is 110 Å². The second kappa shape index (κ2) is 6.34. The van der Waals surface area contributed by atoms with Gasteiger partial charge in [0.1, 0.15) is 5.82 Å². The van der Waals surface area contributed by atoms with Gasteiger partial charge in [0.2, 0.25) is 0 Å². The summed E-state index contributed by atoms with van der Waals surface area (Å²) < 4.78 is 4.48. The highest BCUT2D eigenvalue weighted by Crippen LogP contribution is 2.11. The molecule has 0 aromatic carbocycles. The van der Waals surface area contributed by atoms with Gasteiger partial charge in [-0.05, 0) is 23.8 Å². The molecule has 0 atom stereocenters. The van der Waals surface area contributed by atoms with E-state index in [4.69, 9.17) is 0 Å². The number of anilines is 2. The average Bonchev–Trinajstić information content (AvgIpc) is 2.47. The third-order valence-corrected chi connectivity index (χ3v) is 2.40. The molecule has 1 amide bonds. The second-order valence-electron chi connectivity index (χ2n) is 3.76. The molecule has 98 valence electrons. The number of pyridine rings is 2. The lowest BCUT2D eigenvalue weighted by Crippen LogP contribution is -2.12. The zero-order valence-corrected chi connectivity index (χ0v) is 10.5. The molecular formula is C13H14N4O2. The lowest BCUT2D eigenvalue weighted by Gasteiger charge is -2.07. The number of aromatic nitrogens is 2. The number of hydrogen-bond donors (Lipinski definition) is 2. The molecule has 2 rings (SSSR count). The van der Waals surface area contributed by atoms with Crippen molar-refractivity contribution in [2.45, 2.75) is 6.54 Å². The first kappa shape index (κ1) is 12.8. The Morgan fingerprint density at radius 3 is 2.84 bits per heavy atom. The Balaban J connectivity index is 1.90. The number of methoxy groups -OCH3 is 1. The number of ether oxygens (including phenoxy) is 1. The van der Waals surface area contributed by atoms with Gasteiger partial charge in [-0.1, -0.05) is 6.07 Å². The fourth-order valence-corrected chi connectivity index (χ4v) is 1.43. The Kier molecular flexibility index (Phi) is 4.28. The summed E-state index contributed by atoms with van der Waals surface area (Å²) in [6.45, 7) is 0.666. The van der Waals surface area contributed by atoms with Gasteiger partial charge < -0.3 is 10.1 Å². The fraction of sp³-hybridized carbons (Fsp3) is 0.154. The summed E-state index contributed by atoms with van der Waals surface area (Å²) in [5.41, 5.74) is 1.94. The van der Waals surface area contributed by atoms with E-state index in [0.717, 1.165) is 11.3 Å². The van der Waals surface area contributed by atoms with Crippen LogP contribution in [0.4, 0.5) is 16.3 Å². The van der Waals surface area contributed by atoms with E-state index in [-0.39, 0.29) is 0 Å². The molecule has 2 N–H and O–H groups in total. The summed E-state index contributed by atoms with van der Waals surface area (Å²) >= 11 is 0. The summed E-state index contributed by atoms with van der Waals surface area (Å²) in [4.78, 5) is 19.1. The monoisotopic (exact) mass is 258 g/mol. The molecule has 0 fully saturated rings. The number of nitrogens with one attached hydrogen (secondary N) is 2. The number of carbonyl (C=O) groups excluding carboxylic acids is 1. The Bertz CT molecular complexity index is 528. The van der Waals surface area contributed by atoms with E-state index < -0.39 is 6.09 Å². The van der Waals surface area contributed by atoms with Crippen LogP contribution >= 0.6 is 0 Å². The minimum absolute atomic E-state index is 0.443. The first-order valence-electron chi connectivity index (χ1n) is 5.72. The van der Waals surface area contributed by atoms with Crippen LogP contribution in [0.2, 0.25) is 0 Å². The van der Waals surface area contributed by atoms with Gasteiger partial charge in [0.15, 0.2) is 0 Å². The van der Waals surface area contributed by atoms with Crippen LogP contribution in [-0.4, -0.2) is 23.2 Å². The quantitative estimate of drug-likeness (QED) is 0.879. The molecule has 6 nitrogen and oxygen atoms in total. The van der Waals surface area contributed by atoms with E-state index in [1.54, 1.807) is 24.7 Å². The molecule has 2 heterocycles. The van der Waals surface area contributed by atoms with E-state index in [2.05, 4.69) is 25.3 Å². The lowest BCUT2D eigenvalue weighted by molar-refractivity contribution is 0.187. The Morgan fingerprint density at radius 1 is 1.32 bits per heavy atom. The molecule has 0 radical (unpaired) electrons. The highest BCUT2D eigenvalue weighted by atomic mass is 16.5. The van der Waals surface area contributed by atoms with Gasteiger partial charge >= 0.3 is 6.09 Å². The number of carbonyl (C=O) groups is 1. The number of hydrogen-bond acceptors (Lipinski definition) is 5. The predicted octanol–water partition coefficient (Wildman–Crippen LogP) is 2.27. The van der Waals surface area contributed by atoms with Crippen molar-refractivity contribution < 1.29 is 9.53 Å². The zero-order valence-electron chi connectivity index (χ0n) is 10.5. The molecule has 19 heavy (non-hydrogen) atoms.